The van der Waals surface area contributed by atoms with Crippen molar-refractivity contribution in [2.45, 2.75) is 12.6 Å². The maximum atomic E-state index is 13.3. The highest BCUT2D eigenvalue weighted by Crippen LogP contribution is 2.32. The first-order valence-electron chi connectivity index (χ1n) is 9.76. The van der Waals surface area contributed by atoms with Crippen LogP contribution in [-0.4, -0.2) is 42.6 Å². The average Bonchev–Trinajstić information content (AvgIpc) is 3.24. The molecule has 0 unspecified atom stereocenters. The van der Waals surface area contributed by atoms with Gasteiger partial charge in [0, 0.05) is 30.4 Å². The molecule has 0 atom stereocenters. The molecule has 1 heterocycles. The molecule has 0 spiro atoms. The summed E-state index contributed by atoms with van der Waals surface area (Å²) in [7, 11) is 0. The zero-order valence-corrected chi connectivity index (χ0v) is 16.9. The first-order chi connectivity index (χ1) is 15.2. The Bertz CT molecular complexity index is 1060. The van der Waals surface area contributed by atoms with E-state index in [1.165, 1.54) is 12.1 Å². The molecule has 0 saturated carbocycles. The van der Waals surface area contributed by atoms with Crippen molar-refractivity contribution in [3.05, 3.63) is 70.8 Å². The second kappa shape index (κ2) is 9.99. The summed E-state index contributed by atoms with van der Waals surface area (Å²) >= 11 is 0. The number of aliphatic carboxylic acids is 1. The van der Waals surface area contributed by atoms with E-state index < -0.39 is 23.6 Å². The van der Waals surface area contributed by atoms with Crippen molar-refractivity contribution in [3.8, 4) is 0 Å². The molecule has 4 N–H and O–H groups in total. The van der Waals surface area contributed by atoms with Crippen LogP contribution in [-0.2, 0) is 17.4 Å². The molecule has 1 aliphatic heterocycles. The van der Waals surface area contributed by atoms with Gasteiger partial charge in [0.1, 0.15) is 0 Å². The van der Waals surface area contributed by atoms with Crippen molar-refractivity contribution in [1.29, 1.82) is 0 Å². The Morgan fingerprint density at radius 2 is 2.00 bits per heavy atom. The number of nitrogens with one attached hydrogen (secondary N) is 3. The molecule has 0 fully saturated rings. The second-order valence-corrected chi connectivity index (χ2v) is 7.00. The number of alkyl halides is 3. The van der Waals surface area contributed by atoms with Gasteiger partial charge in [0.25, 0.3) is 5.91 Å². The Labute approximate surface area is 182 Å². The molecule has 2 aromatic rings. The van der Waals surface area contributed by atoms with Crippen molar-refractivity contribution in [1.82, 2.24) is 10.6 Å². The summed E-state index contributed by atoms with van der Waals surface area (Å²) in [5, 5.41) is 17.0. The average molecular weight is 446 g/mol. The molecule has 2 aromatic carbocycles. The fraction of sp³-hybridized carbons (Fsp3) is 0.227. The third kappa shape index (κ3) is 6.59. The van der Waals surface area contributed by atoms with E-state index in [4.69, 9.17) is 5.11 Å². The van der Waals surface area contributed by atoms with Gasteiger partial charge < -0.3 is 21.1 Å². The molecule has 7 nitrogen and oxygen atoms in total. The van der Waals surface area contributed by atoms with Crippen molar-refractivity contribution in [2.75, 3.05) is 25.0 Å². The standard InChI is InChI=1S/C22H21F3N4O3/c23-22(24,25)17-11-16(12-18(13-17)29-21-27-8-9-28-21)20(32)26-7-6-15-3-1-2-14(10-15)4-5-19(30)31/h1-5,10-13H,6-9H2,(H,26,32)(H,30,31)(H2,27,28,29). The zero-order valence-electron chi connectivity index (χ0n) is 16.9. The quantitative estimate of drug-likeness (QED) is 0.490. The highest BCUT2D eigenvalue weighted by molar-refractivity contribution is 5.98. The molecular weight excluding hydrogens is 425 g/mol. The third-order valence-electron chi connectivity index (χ3n) is 4.53. The minimum Gasteiger partial charge on any atom is -0.478 e. The SMILES string of the molecule is O=C(O)C=Cc1cccc(CCNC(=O)c2cc(NC3=NCCN3)cc(C(F)(F)F)c2)c1. The number of carboxylic acids is 1. The van der Waals surface area contributed by atoms with Gasteiger partial charge in [-0.25, -0.2) is 4.79 Å². The van der Waals surface area contributed by atoms with Crippen LogP contribution in [0.5, 0.6) is 0 Å². The summed E-state index contributed by atoms with van der Waals surface area (Å²) in [4.78, 5) is 27.2. The normalized spacial score (nSPS) is 13.5. The number of aliphatic imine (C=N–C) groups is 1. The number of anilines is 1. The maximum Gasteiger partial charge on any atom is 0.416 e. The summed E-state index contributed by atoms with van der Waals surface area (Å²) in [5.41, 5.74) is 0.571. The van der Waals surface area contributed by atoms with Crippen molar-refractivity contribution in [3.63, 3.8) is 0 Å². The number of rotatable bonds is 7. The summed E-state index contributed by atoms with van der Waals surface area (Å²) in [6.07, 6.45) is -1.72. The van der Waals surface area contributed by atoms with Gasteiger partial charge in [-0.3, -0.25) is 9.79 Å². The maximum absolute atomic E-state index is 13.3. The first-order valence-corrected chi connectivity index (χ1v) is 9.76. The molecular formula is C22H21F3N4O3. The first kappa shape index (κ1) is 22.9. The summed E-state index contributed by atoms with van der Waals surface area (Å²) in [6, 6.07) is 10.1. The van der Waals surface area contributed by atoms with Gasteiger partial charge in [-0.1, -0.05) is 24.3 Å². The van der Waals surface area contributed by atoms with Crippen LogP contribution < -0.4 is 16.0 Å². The van der Waals surface area contributed by atoms with Crippen LogP contribution in [0.3, 0.4) is 0 Å². The number of halogens is 3. The van der Waals surface area contributed by atoms with Crippen LogP contribution in [0.25, 0.3) is 6.08 Å². The second-order valence-electron chi connectivity index (χ2n) is 7.00. The van der Waals surface area contributed by atoms with Crippen molar-refractivity contribution >= 4 is 29.6 Å². The van der Waals surface area contributed by atoms with Gasteiger partial charge >= 0.3 is 12.1 Å². The van der Waals surface area contributed by atoms with E-state index in [0.29, 0.717) is 31.0 Å². The van der Waals surface area contributed by atoms with E-state index in [1.54, 1.807) is 18.2 Å². The molecule has 10 heteroatoms. The summed E-state index contributed by atoms with van der Waals surface area (Å²) in [5.74, 6) is -1.34. The predicted octanol–water partition coefficient (Wildman–Crippen LogP) is 3.15. The van der Waals surface area contributed by atoms with Crippen LogP contribution in [0, 0.1) is 0 Å². The van der Waals surface area contributed by atoms with Crippen LogP contribution in [0.2, 0.25) is 0 Å². The fourth-order valence-electron chi connectivity index (χ4n) is 3.06. The largest absolute Gasteiger partial charge is 0.478 e. The molecule has 0 aliphatic carbocycles. The molecule has 168 valence electrons. The number of hydrogen-bond acceptors (Lipinski definition) is 5. The summed E-state index contributed by atoms with van der Waals surface area (Å²) < 4.78 is 39.9. The summed E-state index contributed by atoms with van der Waals surface area (Å²) in [6.45, 7) is 1.29. The monoisotopic (exact) mass is 446 g/mol. The van der Waals surface area contributed by atoms with Crippen LogP contribution in [0.4, 0.5) is 18.9 Å². The van der Waals surface area contributed by atoms with Crippen LogP contribution in [0.1, 0.15) is 27.0 Å². The van der Waals surface area contributed by atoms with E-state index >= 15 is 0 Å². The van der Waals surface area contributed by atoms with Gasteiger partial charge in [0.05, 0.1) is 12.1 Å². The molecule has 3 rings (SSSR count). The Morgan fingerprint density at radius 3 is 2.69 bits per heavy atom. The number of amides is 1. The molecule has 1 aliphatic rings. The molecule has 32 heavy (non-hydrogen) atoms. The van der Waals surface area contributed by atoms with Gasteiger partial charge in [0.15, 0.2) is 5.96 Å². The van der Waals surface area contributed by atoms with Gasteiger partial charge in [0.2, 0.25) is 0 Å². The van der Waals surface area contributed by atoms with Crippen molar-refractivity contribution in [2.24, 2.45) is 4.99 Å². The number of guanidine groups is 1. The van der Waals surface area contributed by atoms with Gasteiger partial charge in [-0.2, -0.15) is 13.2 Å². The Balaban J connectivity index is 1.67. The Morgan fingerprint density at radius 1 is 1.19 bits per heavy atom. The lowest BCUT2D eigenvalue weighted by atomic mass is 10.1. The highest BCUT2D eigenvalue weighted by Gasteiger charge is 2.32. The topological polar surface area (TPSA) is 103 Å². The molecule has 0 bridgehead atoms. The number of carboxylic acid groups (broad SMARTS) is 1. The minimum atomic E-state index is -4.61. The molecule has 0 saturated heterocycles. The fourth-order valence-corrected chi connectivity index (χ4v) is 3.06. The Hall–Kier alpha value is -3.82. The number of carbonyl (C=O) groups is 2. The van der Waals surface area contributed by atoms with E-state index in [-0.39, 0.29) is 17.8 Å². The lowest BCUT2D eigenvalue weighted by Crippen LogP contribution is -2.28. The highest BCUT2D eigenvalue weighted by atomic mass is 19.4. The predicted molar refractivity (Wildman–Crippen MR) is 115 cm³/mol. The van der Waals surface area contributed by atoms with E-state index in [9.17, 15) is 22.8 Å². The molecule has 0 radical (unpaired) electrons. The number of carbonyl (C=O) groups excluding carboxylic acids is 1. The zero-order chi connectivity index (χ0) is 23.1. The lowest BCUT2D eigenvalue weighted by molar-refractivity contribution is -0.137. The van der Waals surface area contributed by atoms with Gasteiger partial charge in [-0.15, -0.1) is 0 Å². The van der Waals surface area contributed by atoms with Crippen LogP contribution in [0.15, 0.2) is 53.5 Å². The van der Waals surface area contributed by atoms with Gasteiger partial charge in [-0.05, 0) is 41.8 Å². The number of nitrogens with zero attached hydrogens (tertiary/aromatic N) is 1. The van der Waals surface area contributed by atoms with E-state index in [0.717, 1.165) is 23.8 Å². The van der Waals surface area contributed by atoms with Crippen molar-refractivity contribution < 1.29 is 27.9 Å². The minimum absolute atomic E-state index is 0.107. The Kier molecular flexibility index (Phi) is 7.14. The number of benzene rings is 2. The number of hydrogen-bond donors (Lipinski definition) is 4. The smallest absolute Gasteiger partial charge is 0.416 e. The lowest BCUT2D eigenvalue weighted by Gasteiger charge is -2.14. The molecule has 1 amide bonds. The van der Waals surface area contributed by atoms with Crippen LogP contribution >= 0.6 is 0 Å². The van der Waals surface area contributed by atoms with E-state index in [1.807, 2.05) is 6.07 Å². The molecule has 0 aromatic heterocycles. The third-order valence-corrected chi connectivity index (χ3v) is 4.53. The van der Waals surface area contributed by atoms with E-state index in [2.05, 4.69) is 20.9 Å².